The second-order valence-corrected chi connectivity index (χ2v) is 8.41. The van der Waals surface area contributed by atoms with E-state index >= 15 is 0 Å². The van der Waals surface area contributed by atoms with Gasteiger partial charge in [0, 0.05) is 10.6 Å². The third-order valence-corrected chi connectivity index (χ3v) is 5.68. The van der Waals surface area contributed by atoms with Gasteiger partial charge in [0.05, 0.1) is 5.75 Å². The van der Waals surface area contributed by atoms with E-state index in [0.717, 1.165) is 11.1 Å². The van der Waals surface area contributed by atoms with Crippen LogP contribution in [0, 0.1) is 6.92 Å². The van der Waals surface area contributed by atoms with Crippen LogP contribution < -0.4 is 4.72 Å². The van der Waals surface area contributed by atoms with E-state index in [2.05, 4.69) is 14.9 Å². The number of sulfonamides is 1. The van der Waals surface area contributed by atoms with E-state index < -0.39 is 10.0 Å². The summed E-state index contributed by atoms with van der Waals surface area (Å²) in [4.78, 5) is 0. The van der Waals surface area contributed by atoms with Crippen molar-refractivity contribution in [3.63, 3.8) is 0 Å². The van der Waals surface area contributed by atoms with Gasteiger partial charge in [-0.05, 0) is 24.6 Å². The molecule has 1 N–H and O–H groups in total. The monoisotopic (exact) mass is 379 g/mol. The highest BCUT2D eigenvalue weighted by molar-refractivity contribution is 7.92. The van der Waals surface area contributed by atoms with Gasteiger partial charge in [0.2, 0.25) is 15.2 Å². The van der Waals surface area contributed by atoms with Gasteiger partial charge in [-0.25, -0.2) is 8.42 Å². The minimum absolute atomic E-state index is 0.174. The van der Waals surface area contributed by atoms with Gasteiger partial charge in [-0.1, -0.05) is 64.9 Å². The Labute approximate surface area is 149 Å². The summed E-state index contributed by atoms with van der Waals surface area (Å²) in [7, 11) is -3.58. The zero-order chi connectivity index (χ0) is 17.2. The highest BCUT2D eigenvalue weighted by Gasteiger charge is 2.15. The Balaban J connectivity index is 1.75. The smallest absolute Gasteiger partial charge is 0.238 e. The molecule has 0 spiro atoms. The zero-order valence-electron chi connectivity index (χ0n) is 12.7. The van der Waals surface area contributed by atoms with Crippen molar-refractivity contribution in [3.05, 3.63) is 64.7 Å². The molecule has 0 bridgehead atoms. The quantitative estimate of drug-likeness (QED) is 0.724. The Kier molecular flexibility index (Phi) is 4.84. The van der Waals surface area contributed by atoms with Crippen molar-refractivity contribution in [1.82, 2.24) is 10.2 Å². The number of halogens is 1. The van der Waals surface area contributed by atoms with Gasteiger partial charge in [-0.15, -0.1) is 10.2 Å². The molecule has 8 heteroatoms. The van der Waals surface area contributed by atoms with Crippen molar-refractivity contribution in [2.45, 2.75) is 12.7 Å². The van der Waals surface area contributed by atoms with Crippen LogP contribution in [0.25, 0.3) is 10.6 Å². The Morgan fingerprint density at radius 2 is 1.88 bits per heavy atom. The number of anilines is 1. The molecule has 24 heavy (non-hydrogen) atoms. The predicted molar refractivity (Wildman–Crippen MR) is 97.8 cm³/mol. The summed E-state index contributed by atoms with van der Waals surface area (Å²) in [5.74, 6) is -0.174. The number of aromatic nitrogens is 2. The first kappa shape index (κ1) is 16.9. The third kappa shape index (κ3) is 4.31. The molecule has 0 amide bonds. The molecule has 0 aliphatic rings. The maximum Gasteiger partial charge on any atom is 0.238 e. The lowest BCUT2D eigenvalue weighted by atomic mass is 10.2. The number of benzene rings is 2. The average molecular weight is 380 g/mol. The summed E-state index contributed by atoms with van der Waals surface area (Å²) in [5, 5.41) is 9.36. The van der Waals surface area contributed by atoms with Gasteiger partial charge in [0.25, 0.3) is 0 Å². The molecule has 1 aromatic heterocycles. The number of nitrogens with one attached hydrogen (secondary N) is 1. The van der Waals surface area contributed by atoms with Crippen LogP contribution in [-0.4, -0.2) is 18.6 Å². The predicted octanol–water partition coefficient (Wildman–Crippen LogP) is 4.11. The first-order valence-corrected chi connectivity index (χ1v) is 9.91. The number of aryl methyl sites for hydroxylation is 1. The molecule has 3 rings (SSSR count). The molecule has 0 unspecified atom stereocenters. The largest absolute Gasteiger partial charge is 0.257 e. The van der Waals surface area contributed by atoms with Gasteiger partial charge < -0.3 is 0 Å². The molecule has 0 fully saturated rings. The van der Waals surface area contributed by atoms with Crippen LogP contribution in [0.1, 0.15) is 11.1 Å². The van der Waals surface area contributed by atoms with E-state index in [1.165, 1.54) is 11.3 Å². The van der Waals surface area contributed by atoms with Crippen molar-refractivity contribution in [2.75, 3.05) is 4.72 Å². The van der Waals surface area contributed by atoms with E-state index in [1.54, 1.807) is 24.3 Å². The van der Waals surface area contributed by atoms with Crippen LogP contribution in [0.4, 0.5) is 5.13 Å². The molecule has 1 heterocycles. The molecule has 0 aliphatic carbocycles. The standard InChI is InChI=1S/C16H14ClN3O2S2/c1-11-5-7-13(8-6-11)15-18-19-16(23-15)20-24(21,22)10-12-3-2-4-14(17)9-12/h2-9H,10H2,1H3,(H,19,20). The van der Waals surface area contributed by atoms with Crippen molar-refractivity contribution in [2.24, 2.45) is 0 Å². The third-order valence-electron chi connectivity index (χ3n) is 3.21. The first-order valence-electron chi connectivity index (χ1n) is 7.07. The average Bonchev–Trinajstić information content (AvgIpc) is 2.95. The Hall–Kier alpha value is -1.96. The number of nitrogens with zero attached hydrogens (tertiary/aromatic N) is 2. The van der Waals surface area contributed by atoms with E-state index in [1.807, 2.05) is 31.2 Å². The van der Waals surface area contributed by atoms with Gasteiger partial charge in [-0.2, -0.15) is 0 Å². The van der Waals surface area contributed by atoms with Crippen LogP contribution in [-0.2, 0) is 15.8 Å². The fourth-order valence-corrected chi connectivity index (χ4v) is 4.45. The fraction of sp³-hybridized carbons (Fsp3) is 0.125. The van der Waals surface area contributed by atoms with Crippen LogP contribution in [0.5, 0.6) is 0 Å². The highest BCUT2D eigenvalue weighted by Crippen LogP contribution is 2.27. The van der Waals surface area contributed by atoms with Gasteiger partial charge in [0.15, 0.2) is 0 Å². The van der Waals surface area contributed by atoms with Gasteiger partial charge >= 0.3 is 0 Å². The second kappa shape index (κ2) is 6.88. The Morgan fingerprint density at radius 1 is 1.12 bits per heavy atom. The lowest BCUT2D eigenvalue weighted by molar-refractivity contribution is 0.600. The maximum atomic E-state index is 12.3. The topological polar surface area (TPSA) is 72.0 Å². The van der Waals surface area contributed by atoms with E-state index in [-0.39, 0.29) is 10.9 Å². The second-order valence-electron chi connectivity index (χ2n) is 5.27. The molecule has 0 atom stereocenters. The highest BCUT2D eigenvalue weighted by atomic mass is 35.5. The van der Waals surface area contributed by atoms with Crippen LogP contribution in [0.3, 0.4) is 0 Å². The van der Waals surface area contributed by atoms with Crippen molar-refractivity contribution >= 4 is 38.1 Å². The number of rotatable bonds is 5. The van der Waals surface area contributed by atoms with Crippen molar-refractivity contribution in [1.29, 1.82) is 0 Å². The van der Waals surface area contributed by atoms with Gasteiger partial charge in [0.1, 0.15) is 5.01 Å². The molecule has 124 valence electrons. The molecule has 0 saturated carbocycles. The molecule has 2 aromatic carbocycles. The van der Waals surface area contributed by atoms with E-state index in [9.17, 15) is 8.42 Å². The van der Waals surface area contributed by atoms with Crippen LogP contribution >= 0.6 is 22.9 Å². The fourth-order valence-electron chi connectivity index (χ4n) is 2.09. The summed E-state index contributed by atoms with van der Waals surface area (Å²) >= 11 is 7.07. The number of hydrogen-bond donors (Lipinski definition) is 1. The first-order chi connectivity index (χ1) is 11.4. The minimum atomic E-state index is -3.58. The summed E-state index contributed by atoms with van der Waals surface area (Å²) in [6, 6.07) is 14.6. The Bertz CT molecular complexity index is 953. The van der Waals surface area contributed by atoms with Crippen LogP contribution in [0.2, 0.25) is 5.02 Å². The molecule has 0 saturated heterocycles. The zero-order valence-corrected chi connectivity index (χ0v) is 15.1. The number of hydrogen-bond acceptors (Lipinski definition) is 5. The summed E-state index contributed by atoms with van der Waals surface area (Å²) in [5.41, 5.74) is 2.65. The lowest BCUT2D eigenvalue weighted by Crippen LogP contribution is -2.14. The van der Waals surface area contributed by atoms with Crippen LogP contribution in [0.15, 0.2) is 48.5 Å². The lowest BCUT2D eigenvalue weighted by Gasteiger charge is -2.05. The Morgan fingerprint density at radius 3 is 2.58 bits per heavy atom. The summed E-state index contributed by atoms with van der Waals surface area (Å²) in [6.07, 6.45) is 0. The summed E-state index contributed by atoms with van der Waals surface area (Å²) in [6.45, 7) is 2.00. The summed E-state index contributed by atoms with van der Waals surface area (Å²) < 4.78 is 27.0. The molecular weight excluding hydrogens is 366 g/mol. The van der Waals surface area contributed by atoms with Crippen molar-refractivity contribution in [3.8, 4) is 10.6 Å². The normalized spacial score (nSPS) is 11.4. The maximum absolute atomic E-state index is 12.3. The van der Waals surface area contributed by atoms with E-state index in [4.69, 9.17) is 11.6 Å². The van der Waals surface area contributed by atoms with Gasteiger partial charge in [-0.3, -0.25) is 4.72 Å². The minimum Gasteiger partial charge on any atom is -0.257 e. The molecule has 0 aliphatic heterocycles. The molecule has 5 nitrogen and oxygen atoms in total. The van der Waals surface area contributed by atoms with Crippen molar-refractivity contribution < 1.29 is 8.42 Å². The molecular formula is C16H14ClN3O2S2. The molecule has 0 radical (unpaired) electrons. The van der Waals surface area contributed by atoms with E-state index in [0.29, 0.717) is 15.6 Å². The molecule has 3 aromatic rings. The SMILES string of the molecule is Cc1ccc(-c2nnc(NS(=O)(=O)Cc3cccc(Cl)c3)s2)cc1.